The smallest absolute Gasteiger partial charge is 0.208 e. The fourth-order valence-electron chi connectivity index (χ4n) is 3.56. The molecule has 0 radical (unpaired) electrons. The number of hydrogen-bond acceptors (Lipinski definition) is 3. The molecule has 6 nitrogen and oxygen atoms in total. The summed E-state index contributed by atoms with van der Waals surface area (Å²) >= 11 is 0. The second-order valence-electron chi connectivity index (χ2n) is 7.45. The van der Waals surface area contributed by atoms with Gasteiger partial charge in [0.15, 0.2) is 5.96 Å². The van der Waals surface area contributed by atoms with Gasteiger partial charge in [0.25, 0.3) is 0 Å². The van der Waals surface area contributed by atoms with Gasteiger partial charge in [-0.2, -0.15) is 0 Å². The number of rotatable bonds is 10. The van der Waals surface area contributed by atoms with Gasteiger partial charge in [-0.3, -0.25) is 4.99 Å². The maximum absolute atomic E-state index is 11.0. The topological polar surface area (TPSA) is 82.6 Å². The van der Waals surface area contributed by atoms with Gasteiger partial charge >= 0.3 is 0 Å². The maximum Gasteiger partial charge on any atom is 0.208 e. The van der Waals surface area contributed by atoms with Crippen LogP contribution in [0.4, 0.5) is 0 Å². The lowest BCUT2D eigenvalue weighted by molar-refractivity contribution is 0.245. The molecular formula is C17H36N4O2S. The highest BCUT2D eigenvalue weighted by Gasteiger charge is 2.34. The molecule has 1 saturated carbocycles. The molecule has 7 heteroatoms. The van der Waals surface area contributed by atoms with Crippen LogP contribution < -0.4 is 15.4 Å². The van der Waals surface area contributed by atoms with Crippen molar-refractivity contribution in [1.29, 1.82) is 0 Å². The normalized spacial score (nSPS) is 18.1. The zero-order chi connectivity index (χ0) is 18.1. The number of hydrogen-bond donors (Lipinski definition) is 3. The third-order valence-electron chi connectivity index (χ3n) is 4.43. The van der Waals surface area contributed by atoms with Gasteiger partial charge in [0.1, 0.15) is 0 Å². The van der Waals surface area contributed by atoms with Crippen LogP contribution in [0.5, 0.6) is 0 Å². The van der Waals surface area contributed by atoms with Crippen LogP contribution in [0, 0.1) is 11.3 Å². The summed E-state index contributed by atoms with van der Waals surface area (Å²) < 4.78 is 24.6. The van der Waals surface area contributed by atoms with Crippen molar-refractivity contribution in [1.82, 2.24) is 15.4 Å². The standard InChI is InChI=1S/C17H36N4O2S/c1-5-18-16(19-11-8-12-21-24(4,22)23)20-14-17(13-15(2)3)9-6-7-10-17/h15,21H,5-14H2,1-4H3,(H2,18,19,20). The van der Waals surface area contributed by atoms with E-state index in [0.717, 1.165) is 25.5 Å². The van der Waals surface area contributed by atoms with Gasteiger partial charge in [-0.15, -0.1) is 0 Å². The fraction of sp³-hybridized carbons (Fsp3) is 0.941. The van der Waals surface area contributed by atoms with Crippen molar-refractivity contribution in [3.63, 3.8) is 0 Å². The first-order valence-electron chi connectivity index (χ1n) is 9.23. The molecule has 1 aliphatic rings. The zero-order valence-electron chi connectivity index (χ0n) is 15.8. The van der Waals surface area contributed by atoms with Crippen molar-refractivity contribution in [3.8, 4) is 0 Å². The number of nitrogens with zero attached hydrogens (tertiary/aromatic N) is 1. The van der Waals surface area contributed by atoms with Gasteiger partial charge in [-0.25, -0.2) is 13.1 Å². The summed E-state index contributed by atoms with van der Waals surface area (Å²) in [7, 11) is -3.10. The molecule has 0 bridgehead atoms. The van der Waals surface area contributed by atoms with Gasteiger partial charge in [0.05, 0.1) is 6.26 Å². The Morgan fingerprint density at radius 1 is 1.17 bits per heavy atom. The van der Waals surface area contributed by atoms with E-state index in [0.29, 0.717) is 24.4 Å². The minimum atomic E-state index is -3.10. The summed E-state index contributed by atoms with van der Waals surface area (Å²) in [4.78, 5) is 4.82. The Balaban J connectivity index is 2.48. The lowest BCUT2D eigenvalue weighted by Crippen LogP contribution is -2.39. The van der Waals surface area contributed by atoms with Crippen LogP contribution in [0.3, 0.4) is 0 Å². The lowest BCUT2D eigenvalue weighted by Gasteiger charge is -2.29. The lowest BCUT2D eigenvalue weighted by atomic mass is 9.78. The molecule has 0 amide bonds. The molecule has 0 aromatic heterocycles. The van der Waals surface area contributed by atoms with E-state index < -0.39 is 10.0 Å². The Labute approximate surface area is 148 Å². The molecule has 0 saturated heterocycles. The average molecular weight is 361 g/mol. The maximum atomic E-state index is 11.0. The number of guanidine groups is 1. The van der Waals surface area contributed by atoms with E-state index in [1.54, 1.807) is 0 Å². The van der Waals surface area contributed by atoms with E-state index in [9.17, 15) is 8.42 Å². The van der Waals surface area contributed by atoms with E-state index >= 15 is 0 Å². The molecule has 1 fully saturated rings. The van der Waals surface area contributed by atoms with Gasteiger partial charge in [0, 0.05) is 26.2 Å². The van der Waals surface area contributed by atoms with Crippen LogP contribution in [0.2, 0.25) is 0 Å². The van der Waals surface area contributed by atoms with Crippen LogP contribution in [-0.2, 0) is 10.0 Å². The van der Waals surface area contributed by atoms with Crippen molar-refractivity contribution >= 4 is 16.0 Å². The fourth-order valence-corrected chi connectivity index (χ4v) is 4.07. The highest BCUT2D eigenvalue weighted by atomic mass is 32.2. The Kier molecular flexibility index (Phi) is 9.05. The molecule has 0 unspecified atom stereocenters. The van der Waals surface area contributed by atoms with Crippen molar-refractivity contribution in [2.24, 2.45) is 16.3 Å². The first kappa shape index (κ1) is 21.2. The van der Waals surface area contributed by atoms with Gasteiger partial charge < -0.3 is 10.6 Å². The molecule has 0 aliphatic heterocycles. The van der Waals surface area contributed by atoms with Crippen molar-refractivity contribution in [2.45, 2.75) is 59.3 Å². The molecule has 0 aromatic rings. The Bertz CT molecular complexity index is 483. The van der Waals surface area contributed by atoms with Crippen molar-refractivity contribution in [3.05, 3.63) is 0 Å². The predicted octanol–water partition coefficient (Wildman–Crippen LogP) is 2.09. The molecule has 3 N–H and O–H groups in total. The van der Waals surface area contributed by atoms with Gasteiger partial charge in [-0.1, -0.05) is 26.7 Å². The monoisotopic (exact) mass is 360 g/mol. The Morgan fingerprint density at radius 3 is 2.38 bits per heavy atom. The van der Waals surface area contributed by atoms with E-state index in [-0.39, 0.29) is 0 Å². The SMILES string of the molecule is CCNC(=NCC1(CC(C)C)CCCC1)NCCCNS(C)(=O)=O. The second kappa shape index (κ2) is 10.2. The summed E-state index contributed by atoms with van der Waals surface area (Å²) in [5, 5.41) is 6.59. The molecule has 1 rings (SSSR count). The summed E-state index contributed by atoms with van der Waals surface area (Å²) in [6.07, 6.45) is 8.37. The van der Waals surface area contributed by atoms with E-state index in [1.807, 2.05) is 0 Å². The Hall–Kier alpha value is -0.820. The van der Waals surface area contributed by atoms with Crippen LogP contribution in [0.25, 0.3) is 0 Å². The number of aliphatic imine (C=N–C) groups is 1. The molecule has 1 aliphatic carbocycles. The molecule has 24 heavy (non-hydrogen) atoms. The quantitative estimate of drug-likeness (QED) is 0.316. The minimum absolute atomic E-state index is 0.369. The largest absolute Gasteiger partial charge is 0.357 e. The molecule has 0 spiro atoms. The minimum Gasteiger partial charge on any atom is -0.357 e. The molecular weight excluding hydrogens is 324 g/mol. The zero-order valence-corrected chi connectivity index (χ0v) is 16.6. The van der Waals surface area contributed by atoms with Crippen LogP contribution in [0.1, 0.15) is 59.3 Å². The van der Waals surface area contributed by atoms with Crippen molar-refractivity contribution in [2.75, 3.05) is 32.4 Å². The third-order valence-corrected chi connectivity index (χ3v) is 5.16. The van der Waals surface area contributed by atoms with Crippen LogP contribution in [-0.4, -0.2) is 46.8 Å². The molecule has 0 aromatic carbocycles. The highest BCUT2D eigenvalue weighted by Crippen LogP contribution is 2.43. The summed E-state index contributed by atoms with van der Waals surface area (Å²) in [5.74, 6) is 1.54. The average Bonchev–Trinajstić information content (AvgIpc) is 2.91. The molecule has 142 valence electrons. The number of sulfonamides is 1. The number of nitrogens with one attached hydrogen (secondary N) is 3. The summed E-state index contributed by atoms with van der Waals surface area (Å²) in [6, 6.07) is 0. The second-order valence-corrected chi connectivity index (χ2v) is 9.28. The van der Waals surface area contributed by atoms with E-state index in [2.05, 4.69) is 36.1 Å². The van der Waals surface area contributed by atoms with Gasteiger partial charge in [0.2, 0.25) is 10.0 Å². The van der Waals surface area contributed by atoms with Crippen LogP contribution >= 0.6 is 0 Å². The van der Waals surface area contributed by atoms with E-state index in [1.165, 1.54) is 38.4 Å². The summed E-state index contributed by atoms with van der Waals surface area (Å²) in [6.45, 7) is 9.49. The first-order chi connectivity index (χ1) is 11.3. The first-order valence-corrected chi connectivity index (χ1v) is 11.1. The van der Waals surface area contributed by atoms with Gasteiger partial charge in [-0.05, 0) is 43.9 Å². The third kappa shape index (κ3) is 8.87. The van der Waals surface area contributed by atoms with E-state index in [4.69, 9.17) is 4.99 Å². The van der Waals surface area contributed by atoms with Crippen molar-refractivity contribution < 1.29 is 8.42 Å². The summed E-state index contributed by atoms with van der Waals surface area (Å²) in [5.41, 5.74) is 0.369. The Morgan fingerprint density at radius 2 is 1.83 bits per heavy atom. The molecule has 0 heterocycles. The van der Waals surface area contributed by atoms with Crippen LogP contribution in [0.15, 0.2) is 4.99 Å². The predicted molar refractivity (Wildman–Crippen MR) is 102 cm³/mol. The highest BCUT2D eigenvalue weighted by molar-refractivity contribution is 7.88. The molecule has 0 atom stereocenters.